The minimum atomic E-state index is 0.465. The van der Waals surface area contributed by atoms with Crippen LogP contribution in [0.15, 0.2) is 24.4 Å². The molecule has 1 aromatic rings. The molecular formula is C15H25N3. The van der Waals surface area contributed by atoms with Gasteiger partial charge in [-0.1, -0.05) is 6.07 Å². The zero-order valence-corrected chi connectivity index (χ0v) is 11.8. The van der Waals surface area contributed by atoms with Crippen molar-refractivity contribution in [3.63, 3.8) is 0 Å². The minimum absolute atomic E-state index is 0.465. The van der Waals surface area contributed by atoms with Crippen LogP contribution in [0.2, 0.25) is 0 Å². The maximum absolute atomic E-state index is 4.60. The second kappa shape index (κ2) is 6.30. The fourth-order valence-corrected chi connectivity index (χ4v) is 3.12. The Morgan fingerprint density at radius 1 is 1.44 bits per heavy atom. The van der Waals surface area contributed by atoms with E-state index in [9.17, 15) is 0 Å². The maximum atomic E-state index is 4.60. The molecule has 1 saturated heterocycles. The van der Waals surface area contributed by atoms with Crippen molar-refractivity contribution in [2.45, 2.75) is 38.8 Å². The molecule has 2 heterocycles. The van der Waals surface area contributed by atoms with E-state index >= 15 is 0 Å². The Labute approximate surface area is 111 Å². The second-order valence-corrected chi connectivity index (χ2v) is 5.49. The van der Waals surface area contributed by atoms with Crippen LogP contribution >= 0.6 is 0 Å². The zero-order chi connectivity index (χ0) is 13.0. The topological polar surface area (TPSA) is 28.2 Å². The summed E-state index contributed by atoms with van der Waals surface area (Å²) in [6.45, 7) is 6.85. The third-order valence-corrected chi connectivity index (χ3v) is 3.92. The summed E-state index contributed by atoms with van der Waals surface area (Å²) in [7, 11) is 2.05. The first-order valence-corrected chi connectivity index (χ1v) is 7.05. The van der Waals surface area contributed by atoms with E-state index in [1.807, 2.05) is 19.3 Å². The molecule has 0 amide bonds. The highest BCUT2D eigenvalue weighted by Crippen LogP contribution is 2.35. The number of likely N-dealkylation sites (tertiary alicyclic amines) is 1. The van der Waals surface area contributed by atoms with Gasteiger partial charge < -0.3 is 5.32 Å². The minimum Gasteiger partial charge on any atom is -0.319 e. The Balaban J connectivity index is 2.26. The summed E-state index contributed by atoms with van der Waals surface area (Å²) >= 11 is 0. The van der Waals surface area contributed by atoms with Gasteiger partial charge in [-0.25, -0.2) is 0 Å². The van der Waals surface area contributed by atoms with Gasteiger partial charge in [0.05, 0.1) is 11.7 Å². The van der Waals surface area contributed by atoms with Crippen molar-refractivity contribution in [1.29, 1.82) is 0 Å². The number of hydrogen-bond donors (Lipinski definition) is 1. The molecule has 0 spiro atoms. The van der Waals surface area contributed by atoms with Gasteiger partial charge in [-0.05, 0) is 64.9 Å². The van der Waals surface area contributed by atoms with Gasteiger partial charge in [-0.2, -0.15) is 0 Å². The molecule has 1 N–H and O–H groups in total. The highest BCUT2D eigenvalue weighted by atomic mass is 15.2. The molecule has 18 heavy (non-hydrogen) atoms. The molecule has 100 valence electrons. The number of pyridine rings is 1. The lowest BCUT2D eigenvalue weighted by Crippen LogP contribution is -2.45. The van der Waals surface area contributed by atoms with Crippen molar-refractivity contribution < 1.29 is 0 Å². The largest absolute Gasteiger partial charge is 0.319 e. The van der Waals surface area contributed by atoms with Crippen LogP contribution in [0.25, 0.3) is 0 Å². The van der Waals surface area contributed by atoms with E-state index in [-0.39, 0.29) is 0 Å². The highest BCUT2D eigenvalue weighted by Gasteiger charge is 2.34. The van der Waals surface area contributed by atoms with E-state index in [0.29, 0.717) is 18.0 Å². The molecule has 2 unspecified atom stereocenters. The Morgan fingerprint density at radius 2 is 2.28 bits per heavy atom. The Hall–Kier alpha value is -0.930. The quantitative estimate of drug-likeness (QED) is 0.886. The molecule has 3 nitrogen and oxygen atoms in total. The Bertz CT molecular complexity index is 348. The molecule has 1 fully saturated rings. The lowest BCUT2D eigenvalue weighted by molar-refractivity contribution is 0.0609. The standard InChI is InChI=1S/C15H25N3/c1-12(2)18-10-6-7-13(11-16-3)15(18)14-8-4-5-9-17-14/h4-5,8-9,12-13,15-16H,6-7,10-11H2,1-3H3. The molecule has 0 aromatic carbocycles. The molecule has 2 atom stereocenters. The van der Waals surface area contributed by atoms with Crippen LogP contribution in [0.4, 0.5) is 0 Å². The molecule has 2 rings (SSSR count). The molecule has 1 aromatic heterocycles. The number of aromatic nitrogens is 1. The summed E-state index contributed by atoms with van der Waals surface area (Å²) in [5, 5.41) is 3.34. The van der Waals surface area contributed by atoms with E-state index in [2.05, 4.69) is 41.2 Å². The fourth-order valence-electron chi connectivity index (χ4n) is 3.12. The molecular weight excluding hydrogens is 222 g/mol. The summed E-state index contributed by atoms with van der Waals surface area (Å²) in [6.07, 6.45) is 4.51. The summed E-state index contributed by atoms with van der Waals surface area (Å²) in [5.41, 5.74) is 1.23. The van der Waals surface area contributed by atoms with Crippen molar-refractivity contribution in [1.82, 2.24) is 15.2 Å². The Morgan fingerprint density at radius 3 is 2.89 bits per heavy atom. The molecule has 0 saturated carbocycles. The number of piperidine rings is 1. The van der Waals surface area contributed by atoms with Gasteiger partial charge in [-0.15, -0.1) is 0 Å². The van der Waals surface area contributed by atoms with E-state index in [4.69, 9.17) is 0 Å². The third kappa shape index (κ3) is 2.90. The predicted octanol–water partition coefficient (Wildman–Crippen LogP) is 2.46. The first kappa shape index (κ1) is 13.5. The summed E-state index contributed by atoms with van der Waals surface area (Å²) in [5.74, 6) is 0.668. The van der Waals surface area contributed by atoms with Crippen LogP contribution in [-0.4, -0.2) is 36.1 Å². The SMILES string of the molecule is CNCC1CCCN(C(C)C)C1c1ccccn1. The van der Waals surface area contributed by atoms with Crippen LogP contribution < -0.4 is 5.32 Å². The smallest absolute Gasteiger partial charge is 0.0578 e. The van der Waals surface area contributed by atoms with E-state index in [0.717, 1.165) is 6.54 Å². The van der Waals surface area contributed by atoms with Crippen LogP contribution in [0.1, 0.15) is 38.4 Å². The molecule has 1 aliphatic heterocycles. The number of hydrogen-bond acceptors (Lipinski definition) is 3. The number of rotatable bonds is 4. The molecule has 1 aliphatic rings. The van der Waals surface area contributed by atoms with E-state index in [1.165, 1.54) is 25.1 Å². The van der Waals surface area contributed by atoms with Crippen LogP contribution in [0.5, 0.6) is 0 Å². The van der Waals surface area contributed by atoms with Gasteiger partial charge in [0.15, 0.2) is 0 Å². The normalized spacial score (nSPS) is 25.6. The first-order chi connectivity index (χ1) is 8.74. The second-order valence-electron chi connectivity index (χ2n) is 5.49. The van der Waals surface area contributed by atoms with Crippen molar-refractivity contribution in [2.75, 3.05) is 20.1 Å². The van der Waals surface area contributed by atoms with Crippen molar-refractivity contribution in [3.05, 3.63) is 30.1 Å². The third-order valence-electron chi connectivity index (χ3n) is 3.92. The maximum Gasteiger partial charge on any atom is 0.0578 e. The van der Waals surface area contributed by atoms with Crippen molar-refractivity contribution in [2.24, 2.45) is 5.92 Å². The van der Waals surface area contributed by atoms with Gasteiger partial charge in [0, 0.05) is 12.2 Å². The monoisotopic (exact) mass is 247 g/mol. The number of nitrogens with zero attached hydrogens (tertiary/aromatic N) is 2. The van der Waals surface area contributed by atoms with Crippen LogP contribution in [0.3, 0.4) is 0 Å². The predicted molar refractivity (Wildman–Crippen MR) is 75.5 cm³/mol. The molecule has 3 heteroatoms. The number of nitrogens with one attached hydrogen (secondary N) is 1. The van der Waals surface area contributed by atoms with Crippen LogP contribution in [-0.2, 0) is 0 Å². The summed E-state index contributed by atoms with van der Waals surface area (Å²) in [4.78, 5) is 7.20. The van der Waals surface area contributed by atoms with Gasteiger partial charge in [0.1, 0.15) is 0 Å². The van der Waals surface area contributed by atoms with Crippen molar-refractivity contribution >= 4 is 0 Å². The average Bonchev–Trinajstić information content (AvgIpc) is 2.40. The molecule has 0 bridgehead atoms. The van der Waals surface area contributed by atoms with Gasteiger partial charge >= 0.3 is 0 Å². The summed E-state index contributed by atoms with van der Waals surface area (Å²) < 4.78 is 0. The lowest BCUT2D eigenvalue weighted by Gasteiger charge is -2.43. The van der Waals surface area contributed by atoms with Gasteiger partial charge in [-0.3, -0.25) is 9.88 Å². The lowest BCUT2D eigenvalue weighted by atomic mass is 9.86. The fraction of sp³-hybridized carbons (Fsp3) is 0.667. The zero-order valence-electron chi connectivity index (χ0n) is 11.8. The highest BCUT2D eigenvalue weighted by molar-refractivity contribution is 5.12. The Kier molecular flexibility index (Phi) is 4.72. The van der Waals surface area contributed by atoms with Crippen LogP contribution in [0, 0.1) is 5.92 Å². The molecule has 0 aliphatic carbocycles. The van der Waals surface area contributed by atoms with E-state index < -0.39 is 0 Å². The van der Waals surface area contributed by atoms with Crippen molar-refractivity contribution in [3.8, 4) is 0 Å². The van der Waals surface area contributed by atoms with Gasteiger partial charge in [0.25, 0.3) is 0 Å². The van der Waals surface area contributed by atoms with Gasteiger partial charge in [0.2, 0.25) is 0 Å². The first-order valence-electron chi connectivity index (χ1n) is 7.05. The summed E-state index contributed by atoms with van der Waals surface area (Å²) in [6, 6.07) is 7.32. The van der Waals surface area contributed by atoms with E-state index in [1.54, 1.807) is 0 Å². The average molecular weight is 247 g/mol. The molecule has 0 radical (unpaired) electrons.